The molecule has 0 saturated carbocycles. The van der Waals surface area contributed by atoms with Crippen molar-refractivity contribution in [2.24, 2.45) is 0 Å². The molecule has 0 unspecified atom stereocenters. The predicted molar refractivity (Wildman–Crippen MR) is 113 cm³/mol. The number of hydrogen-bond acceptors (Lipinski definition) is 8. The zero-order chi connectivity index (χ0) is 24.5. The van der Waals surface area contributed by atoms with Gasteiger partial charge in [0.05, 0.1) is 36.5 Å². The van der Waals surface area contributed by atoms with Crippen LogP contribution in [0.25, 0.3) is 0 Å². The lowest BCUT2D eigenvalue weighted by atomic mass is 10.1. The van der Waals surface area contributed by atoms with E-state index < -0.39 is 23.9 Å². The maximum atomic E-state index is 11.0. The number of rotatable bonds is 7. The Labute approximate surface area is 184 Å². The number of aliphatic hydroxyl groups excluding tert-OH is 2. The van der Waals surface area contributed by atoms with Gasteiger partial charge in [0, 0.05) is 13.2 Å². The molecule has 0 bridgehead atoms. The van der Waals surface area contributed by atoms with E-state index in [2.05, 4.69) is 9.47 Å². The van der Waals surface area contributed by atoms with Crippen molar-refractivity contribution in [3.8, 4) is 0 Å². The number of ether oxygens (including phenoxy) is 2. The largest absolute Gasteiger partial charge is 0.478 e. The molecule has 10 heteroatoms. The molecule has 0 aromatic heterocycles. The van der Waals surface area contributed by atoms with Crippen molar-refractivity contribution in [2.45, 2.75) is 12.8 Å². The highest BCUT2D eigenvalue weighted by atomic mass is 16.5. The Hall–Kier alpha value is -3.76. The minimum absolute atomic E-state index is 0.0186. The van der Waals surface area contributed by atoms with Gasteiger partial charge in [-0.1, -0.05) is 6.07 Å². The molecule has 2 aromatic carbocycles. The molecule has 0 aliphatic heterocycles. The summed E-state index contributed by atoms with van der Waals surface area (Å²) in [6.45, 7) is 0.390. The first-order valence-electron chi connectivity index (χ1n) is 9.26. The van der Waals surface area contributed by atoms with Crippen molar-refractivity contribution in [3.63, 3.8) is 0 Å². The number of aromatic carboxylic acids is 2. The molecule has 0 aliphatic carbocycles. The molecule has 4 N–H and O–H groups in total. The Morgan fingerprint density at radius 3 is 1.25 bits per heavy atom. The van der Waals surface area contributed by atoms with Crippen LogP contribution in [0.15, 0.2) is 48.5 Å². The maximum absolute atomic E-state index is 11.0. The molecule has 0 spiro atoms. The molecule has 2 rings (SSSR count). The van der Waals surface area contributed by atoms with E-state index in [9.17, 15) is 19.2 Å². The van der Waals surface area contributed by atoms with Crippen LogP contribution in [-0.2, 0) is 9.47 Å². The second kappa shape index (κ2) is 16.0. The molecular weight excluding hydrogens is 424 g/mol. The van der Waals surface area contributed by atoms with Crippen molar-refractivity contribution < 1.29 is 49.1 Å². The van der Waals surface area contributed by atoms with E-state index in [1.807, 2.05) is 0 Å². The highest BCUT2D eigenvalue weighted by Gasteiger charge is 2.08. The molecular formula is C22H26O10. The van der Waals surface area contributed by atoms with E-state index in [1.165, 1.54) is 56.7 Å². The number of hydrogen-bond donors (Lipinski definition) is 4. The fourth-order valence-electron chi connectivity index (χ4n) is 1.99. The number of carboxylic acids is 2. The Kier molecular flexibility index (Phi) is 14.1. The third kappa shape index (κ3) is 10.9. The van der Waals surface area contributed by atoms with Gasteiger partial charge in [0.1, 0.15) is 0 Å². The Morgan fingerprint density at radius 1 is 0.656 bits per heavy atom. The normalized spacial score (nSPS) is 9.25. The molecule has 0 radical (unpaired) electrons. The Morgan fingerprint density at radius 2 is 1.00 bits per heavy atom. The lowest BCUT2D eigenvalue weighted by Gasteiger charge is -2.00. The number of methoxy groups -OCH3 is 2. The van der Waals surface area contributed by atoms with Gasteiger partial charge in [-0.2, -0.15) is 0 Å². The van der Waals surface area contributed by atoms with Gasteiger partial charge in [-0.05, 0) is 55.3 Å². The second-order valence-electron chi connectivity index (χ2n) is 5.91. The highest BCUT2D eigenvalue weighted by Crippen LogP contribution is 2.06. The number of benzene rings is 2. The van der Waals surface area contributed by atoms with E-state index in [4.69, 9.17) is 20.4 Å². The molecule has 0 fully saturated rings. The summed E-state index contributed by atoms with van der Waals surface area (Å²) in [7, 11) is 2.60. The van der Waals surface area contributed by atoms with Gasteiger partial charge in [-0.3, -0.25) is 0 Å². The van der Waals surface area contributed by atoms with Crippen LogP contribution in [0.4, 0.5) is 0 Å². The van der Waals surface area contributed by atoms with Crippen LogP contribution in [0.3, 0.4) is 0 Å². The van der Waals surface area contributed by atoms with Crippen LogP contribution in [0.5, 0.6) is 0 Å². The van der Waals surface area contributed by atoms with Crippen LogP contribution < -0.4 is 0 Å². The summed E-state index contributed by atoms with van der Waals surface area (Å²) in [5, 5.41) is 33.2. The average molecular weight is 450 g/mol. The van der Waals surface area contributed by atoms with E-state index in [1.54, 1.807) is 0 Å². The smallest absolute Gasteiger partial charge is 0.337 e. The third-order valence-electron chi connectivity index (χ3n) is 3.65. The molecule has 0 amide bonds. The Balaban J connectivity index is 0.000000487. The number of esters is 2. The van der Waals surface area contributed by atoms with Crippen LogP contribution >= 0.6 is 0 Å². The third-order valence-corrected chi connectivity index (χ3v) is 3.65. The van der Waals surface area contributed by atoms with Gasteiger partial charge >= 0.3 is 23.9 Å². The molecule has 0 aliphatic rings. The molecule has 2 aromatic rings. The Bertz CT molecular complexity index is 806. The fourth-order valence-corrected chi connectivity index (χ4v) is 1.99. The summed E-state index contributed by atoms with van der Waals surface area (Å²) in [4.78, 5) is 42.8. The van der Waals surface area contributed by atoms with E-state index >= 15 is 0 Å². The quantitative estimate of drug-likeness (QED) is 0.362. The number of aliphatic hydroxyl groups is 2. The first-order valence-corrected chi connectivity index (χ1v) is 9.26. The lowest BCUT2D eigenvalue weighted by molar-refractivity contribution is 0.0586. The zero-order valence-electron chi connectivity index (χ0n) is 17.7. The number of carboxylic acid groups (broad SMARTS) is 2. The van der Waals surface area contributed by atoms with Crippen LogP contribution in [0.1, 0.15) is 54.3 Å². The van der Waals surface area contributed by atoms with Crippen molar-refractivity contribution >= 4 is 23.9 Å². The van der Waals surface area contributed by atoms with Gasteiger partial charge in [0.25, 0.3) is 0 Å². The van der Waals surface area contributed by atoms with Gasteiger partial charge in [-0.15, -0.1) is 0 Å². The zero-order valence-corrected chi connectivity index (χ0v) is 17.7. The molecule has 174 valence electrons. The SMILES string of the molecule is COC(=O)c1ccc(C(=O)OC)cc1.O=C(O)c1cccc(C(=O)O)c1.OCCCCO. The molecule has 32 heavy (non-hydrogen) atoms. The fraction of sp³-hybridized carbons (Fsp3) is 0.273. The van der Waals surface area contributed by atoms with Crippen molar-refractivity contribution in [3.05, 3.63) is 70.8 Å². The minimum Gasteiger partial charge on any atom is -0.478 e. The number of carbonyl (C=O) groups is 4. The standard InChI is InChI=1S/C10H10O4.C8H6O4.C4H10O2/c1-13-9(11)7-3-5-8(6-4-7)10(12)14-2;9-7(10)5-2-1-3-6(4-5)8(11)12;5-3-1-2-4-6/h3-6H,1-2H3;1-4H,(H,9,10)(H,11,12);5-6H,1-4H2. The van der Waals surface area contributed by atoms with Gasteiger partial charge < -0.3 is 29.9 Å². The van der Waals surface area contributed by atoms with Gasteiger partial charge in [-0.25, -0.2) is 19.2 Å². The first kappa shape index (κ1) is 28.2. The number of carbonyl (C=O) groups excluding carboxylic acids is 2. The van der Waals surface area contributed by atoms with Crippen LogP contribution in [-0.4, -0.2) is 71.7 Å². The topological polar surface area (TPSA) is 168 Å². The highest BCUT2D eigenvalue weighted by molar-refractivity contribution is 5.94. The summed E-state index contributed by atoms with van der Waals surface area (Å²) in [5.41, 5.74) is 0.769. The monoisotopic (exact) mass is 450 g/mol. The van der Waals surface area contributed by atoms with Crippen molar-refractivity contribution in [2.75, 3.05) is 27.4 Å². The summed E-state index contributed by atoms with van der Waals surface area (Å²) in [6.07, 6.45) is 1.44. The van der Waals surface area contributed by atoms with Crippen LogP contribution in [0.2, 0.25) is 0 Å². The van der Waals surface area contributed by atoms with Crippen LogP contribution in [0, 0.1) is 0 Å². The summed E-state index contributed by atoms with van der Waals surface area (Å²) in [5.74, 6) is -3.11. The molecule has 0 saturated heterocycles. The minimum atomic E-state index is -1.13. The number of unbranched alkanes of at least 4 members (excludes halogenated alkanes) is 1. The second-order valence-corrected chi connectivity index (χ2v) is 5.91. The predicted octanol–water partition coefficient (Wildman–Crippen LogP) is 2.09. The maximum Gasteiger partial charge on any atom is 0.337 e. The van der Waals surface area contributed by atoms with Gasteiger partial charge in [0.15, 0.2) is 0 Å². The molecule has 0 atom stereocenters. The van der Waals surface area contributed by atoms with Gasteiger partial charge in [0.2, 0.25) is 0 Å². The van der Waals surface area contributed by atoms with Crippen molar-refractivity contribution in [1.82, 2.24) is 0 Å². The summed E-state index contributed by atoms with van der Waals surface area (Å²) in [6, 6.07) is 11.2. The summed E-state index contributed by atoms with van der Waals surface area (Å²) < 4.78 is 9.02. The molecule has 10 nitrogen and oxygen atoms in total. The van der Waals surface area contributed by atoms with E-state index in [-0.39, 0.29) is 24.3 Å². The first-order chi connectivity index (χ1) is 15.2. The van der Waals surface area contributed by atoms with E-state index in [0.717, 1.165) is 18.9 Å². The summed E-state index contributed by atoms with van der Waals surface area (Å²) >= 11 is 0. The van der Waals surface area contributed by atoms with Crippen molar-refractivity contribution in [1.29, 1.82) is 0 Å². The lowest BCUT2D eigenvalue weighted by Crippen LogP contribution is -2.04. The average Bonchev–Trinajstić information content (AvgIpc) is 2.82. The molecule has 0 heterocycles. The van der Waals surface area contributed by atoms with E-state index in [0.29, 0.717) is 11.1 Å².